The van der Waals surface area contributed by atoms with Gasteiger partial charge >= 0.3 is 0 Å². The maximum absolute atomic E-state index is 5.18. The fourth-order valence-corrected chi connectivity index (χ4v) is 1.56. The van der Waals surface area contributed by atoms with Crippen LogP contribution in [0.1, 0.15) is 5.56 Å². The second-order valence-electron chi connectivity index (χ2n) is 2.19. The van der Waals surface area contributed by atoms with E-state index in [0.717, 1.165) is 11.3 Å². The molecule has 0 aliphatic rings. The first kappa shape index (κ1) is 9.45. The van der Waals surface area contributed by atoms with Gasteiger partial charge in [-0.05, 0) is 16.2 Å². The third-order valence-electron chi connectivity index (χ3n) is 1.47. The molecule has 0 N–H and O–H groups in total. The molecule has 0 radical (unpaired) electrons. The number of methoxy groups -OCH3 is 1. The molecule has 0 saturated heterocycles. The molecular weight excluding hydrogens is 263 g/mol. The number of halogens is 1. The molecule has 2 heteroatoms. The highest BCUT2D eigenvalue weighted by Crippen LogP contribution is 2.19. The van der Waals surface area contributed by atoms with Crippen LogP contribution in [0.4, 0.5) is 0 Å². The Labute approximate surface area is 82.8 Å². The van der Waals surface area contributed by atoms with Crippen LogP contribution in [0.3, 0.4) is 0 Å². The average molecular weight is 274 g/mol. The van der Waals surface area contributed by atoms with Crippen molar-refractivity contribution in [1.82, 2.24) is 0 Å². The van der Waals surface area contributed by atoms with Gasteiger partial charge < -0.3 is 4.74 Å². The van der Waals surface area contributed by atoms with Gasteiger partial charge in [-0.3, -0.25) is 0 Å². The SMILES string of the molecule is C=I/C=C\c1ccccc1OC. The Morgan fingerprint density at radius 2 is 2.17 bits per heavy atom. The largest absolute Gasteiger partial charge is 0.496 e. The van der Waals surface area contributed by atoms with Gasteiger partial charge in [-0.1, -0.05) is 22.7 Å². The monoisotopic (exact) mass is 274 g/mol. The average Bonchev–Trinajstić information content (AvgIpc) is 2.15. The first-order valence-electron chi connectivity index (χ1n) is 3.55. The number of hydrogen-bond donors (Lipinski definition) is 0. The third kappa shape index (κ3) is 2.44. The standard InChI is InChI=1S/C10H11IO/c1-11-8-7-9-5-3-4-6-10(9)12-2/h3-8H,1H2,2H3/b8-7-. The number of hydrogen-bond acceptors (Lipinski definition) is 1. The highest BCUT2D eigenvalue weighted by atomic mass is 127. The fourth-order valence-electron chi connectivity index (χ4n) is 0.917. The van der Waals surface area contributed by atoms with Crippen molar-refractivity contribution in [2.45, 2.75) is 0 Å². The lowest BCUT2D eigenvalue weighted by Gasteiger charge is -2.02. The molecule has 12 heavy (non-hydrogen) atoms. The van der Waals surface area contributed by atoms with E-state index in [-0.39, 0.29) is 20.7 Å². The van der Waals surface area contributed by atoms with Gasteiger partial charge in [-0.2, -0.15) is 0 Å². The molecular formula is C10H11IO. The molecule has 0 atom stereocenters. The number of benzene rings is 1. The summed E-state index contributed by atoms with van der Waals surface area (Å²) in [6, 6.07) is 7.97. The highest BCUT2D eigenvalue weighted by Gasteiger charge is 1.94. The summed E-state index contributed by atoms with van der Waals surface area (Å²) in [6.45, 7) is 0. The van der Waals surface area contributed by atoms with Crippen molar-refractivity contribution in [3.8, 4) is 5.75 Å². The van der Waals surface area contributed by atoms with E-state index in [9.17, 15) is 0 Å². The van der Waals surface area contributed by atoms with Crippen LogP contribution in [-0.2, 0) is 0 Å². The molecule has 64 valence electrons. The number of ether oxygens (including phenoxy) is 1. The van der Waals surface area contributed by atoms with Crippen molar-refractivity contribution in [1.29, 1.82) is 0 Å². The molecule has 1 aromatic carbocycles. The third-order valence-corrected chi connectivity index (χ3v) is 2.34. The van der Waals surface area contributed by atoms with E-state index < -0.39 is 0 Å². The lowest BCUT2D eigenvalue weighted by Crippen LogP contribution is -1.84. The first-order valence-corrected chi connectivity index (χ1v) is 6.32. The van der Waals surface area contributed by atoms with Crippen LogP contribution in [0.15, 0.2) is 28.3 Å². The second kappa shape index (κ2) is 5.09. The smallest absolute Gasteiger partial charge is 0.126 e. The van der Waals surface area contributed by atoms with Crippen LogP contribution in [0.25, 0.3) is 6.08 Å². The molecule has 1 rings (SSSR count). The van der Waals surface area contributed by atoms with E-state index >= 15 is 0 Å². The zero-order chi connectivity index (χ0) is 8.81. The number of para-hydroxylation sites is 1. The fraction of sp³-hybridized carbons (Fsp3) is 0.100. The zero-order valence-electron chi connectivity index (χ0n) is 6.96. The quantitative estimate of drug-likeness (QED) is 0.770. The van der Waals surface area contributed by atoms with E-state index in [1.54, 1.807) is 7.11 Å². The summed E-state index contributed by atoms with van der Waals surface area (Å²) in [6.07, 6.45) is 2.07. The van der Waals surface area contributed by atoms with Gasteiger partial charge in [0.1, 0.15) is 5.75 Å². The Bertz CT molecular complexity index is 292. The molecule has 0 aromatic heterocycles. The van der Waals surface area contributed by atoms with Gasteiger partial charge in [0, 0.05) is 5.56 Å². The summed E-state index contributed by atoms with van der Waals surface area (Å²) in [7, 11) is 1.69. The first-order chi connectivity index (χ1) is 5.88. The van der Waals surface area contributed by atoms with Gasteiger partial charge in [-0.15, -0.1) is 20.7 Å². The molecule has 0 unspecified atom stereocenters. The molecule has 0 bridgehead atoms. The predicted molar refractivity (Wildman–Crippen MR) is 63.2 cm³/mol. The minimum atomic E-state index is -0.0226. The zero-order valence-corrected chi connectivity index (χ0v) is 9.11. The minimum absolute atomic E-state index is 0.0226. The lowest BCUT2D eigenvalue weighted by atomic mass is 10.2. The Morgan fingerprint density at radius 3 is 2.83 bits per heavy atom. The van der Waals surface area contributed by atoms with Crippen LogP contribution >= 0.6 is 20.7 Å². The molecule has 1 aromatic rings. The van der Waals surface area contributed by atoms with Crippen molar-refractivity contribution < 1.29 is 4.74 Å². The summed E-state index contributed by atoms with van der Waals surface area (Å²) < 4.78 is 11.1. The van der Waals surface area contributed by atoms with Gasteiger partial charge in [-0.25, -0.2) is 0 Å². The molecule has 1 nitrogen and oxygen atoms in total. The highest BCUT2D eigenvalue weighted by molar-refractivity contribution is 14.2. The van der Waals surface area contributed by atoms with Crippen molar-refractivity contribution in [2.75, 3.05) is 7.11 Å². The van der Waals surface area contributed by atoms with Crippen LogP contribution in [0, 0.1) is 0 Å². The Hall–Kier alpha value is -0.640. The molecule has 0 amide bonds. The van der Waals surface area contributed by atoms with Gasteiger partial charge in [0.25, 0.3) is 0 Å². The van der Waals surface area contributed by atoms with Crippen molar-refractivity contribution in [3.05, 3.63) is 33.9 Å². The van der Waals surface area contributed by atoms with Crippen LogP contribution in [-0.4, -0.2) is 11.6 Å². The normalized spacial score (nSPS) is 10.4. The van der Waals surface area contributed by atoms with Crippen molar-refractivity contribution >= 4 is 31.3 Å². The van der Waals surface area contributed by atoms with Crippen molar-refractivity contribution in [2.24, 2.45) is 0 Å². The topological polar surface area (TPSA) is 9.23 Å². The van der Waals surface area contributed by atoms with Gasteiger partial charge in [0.2, 0.25) is 0 Å². The van der Waals surface area contributed by atoms with Gasteiger partial charge in [0.05, 0.1) is 7.11 Å². The summed E-state index contributed by atoms with van der Waals surface area (Å²) in [5.74, 6) is 0.922. The maximum atomic E-state index is 5.18. The van der Waals surface area contributed by atoms with Crippen LogP contribution in [0.2, 0.25) is 0 Å². The molecule has 0 saturated carbocycles. The van der Waals surface area contributed by atoms with E-state index in [1.165, 1.54) is 0 Å². The van der Waals surface area contributed by atoms with E-state index in [1.807, 2.05) is 24.3 Å². The summed E-state index contributed by atoms with van der Waals surface area (Å²) >= 11 is -0.0226. The second-order valence-corrected chi connectivity index (χ2v) is 3.79. The van der Waals surface area contributed by atoms with Crippen LogP contribution in [0.5, 0.6) is 5.75 Å². The predicted octanol–water partition coefficient (Wildman–Crippen LogP) is 3.07. The lowest BCUT2D eigenvalue weighted by molar-refractivity contribution is 0.414. The Balaban J connectivity index is 2.96. The Kier molecular flexibility index (Phi) is 4.00. The number of rotatable bonds is 3. The van der Waals surface area contributed by atoms with E-state index in [2.05, 4.69) is 14.7 Å². The summed E-state index contributed by atoms with van der Waals surface area (Å²) in [5, 5.41) is 0. The summed E-state index contributed by atoms with van der Waals surface area (Å²) in [5.41, 5.74) is 1.13. The molecule has 0 spiro atoms. The van der Waals surface area contributed by atoms with E-state index in [4.69, 9.17) is 4.74 Å². The maximum Gasteiger partial charge on any atom is 0.126 e. The molecule has 0 fully saturated rings. The molecule has 0 aliphatic carbocycles. The molecule has 0 heterocycles. The minimum Gasteiger partial charge on any atom is -0.496 e. The van der Waals surface area contributed by atoms with Crippen LogP contribution < -0.4 is 4.74 Å². The molecule has 0 aliphatic heterocycles. The summed E-state index contributed by atoms with van der Waals surface area (Å²) in [4.78, 5) is 0. The van der Waals surface area contributed by atoms with Crippen molar-refractivity contribution in [3.63, 3.8) is 0 Å². The Morgan fingerprint density at radius 1 is 1.42 bits per heavy atom. The van der Waals surface area contributed by atoms with E-state index in [0.29, 0.717) is 0 Å². The van der Waals surface area contributed by atoms with Gasteiger partial charge in [0.15, 0.2) is 0 Å².